The van der Waals surface area contributed by atoms with Crippen molar-refractivity contribution in [2.24, 2.45) is 0 Å². The third kappa shape index (κ3) is 3.40. The van der Waals surface area contributed by atoms with Crippen LogP contribution in [0.25, 0.3) is 11.1 Å². The number of methoxy groups -OCH3 is 1. The largest absolute Gasteiger partial charge is 0.497 e. The molecule has 0 aliphatic carbocycles. The first-order valence-electron chi connectivity index (χ1n) is 9.66. The number of hydrogen-bond acceptors (Lipinski definition) is 5. The number of aliphatic hydroxyl groups is 1. The zero-order valence-corrected chi connectivity index (χ0v) is 16.5. The van der Waals surface area contributed by atoms with Gasteiger partial charge in [0, 0.05) is 12.1 Å². The monoisotopic (exact) mass is 399 g/mol. The maximum Gasteiger partial charge on any atom is 0.273 e. The molecule has 1 fully saturated rings. The minimum Gasteiger partial charge on any atom is -0.497 e. The average molecular weight is 399 g/mol. The van der Waals surface area contributed by atoms with Gasteiger partial charge in [-0.1, -0.05) is 42.5 Å². The van der Waals surface area contributed by atoms with Crippen molar-refractivity contribution < 1.29 is 14.6 Å². The molecule has 6 nitrogen and oxygen atoms in total. The van der Waals surface area contributed by atoms with Crippen molar-refractivity contribution in [2.45, 2.75) is 18.0 Å². The Hall–Kier alpha value is -3.69. The summed E-state index contributed by atoms with van der Waals surface area (Å²) in [5.74, 6) is 0.182. The van der Waals surface area contributed by atoms with Crippen LogP contribution in [0, 0.1) is 11.3 Å². The van der Waals surface area contributed by atoms with Gasteiger partial charge < -0.3 is 14.7 Å². The lowest BCUT2D eigenvalue weighted by atomic mass is 9.75. The highest BCUT2D eigenvalue weighted by molar-refractivity contribution is 5.94. The van der Waals surface area contributed by atoms with E-state index in [1.807, 2.05) is 48.5 Å². The molecular formula is C24H21N3O3. The molecule has 0 bridgehead atoms. The van der Waals surface area contributed by atoms with E-state index in [2.05, 4.69) is 11.1 Å². The van der Waals surface area contributed by atoms with Gasteiger partial charge in [0.15, 0.2) is 0 Å². The second-order valence-corrected chi connectivity index (χ2v) is 7.13. The molecule has 0 saturated carbocycles. The molecule has 6 heteroatoms. The smallest absolute Gasteiger partial charge is 0.273 e. The molecule has 1 aromatic heterocycles. The normalized spacial score (nSPS) is 20.2. The zero-order chi connectivity index (χ0) is 21.1. The number of carbonyl (C=O) groups excluding carboxylic acids is 1. The fourth-order valence-corrected chi connectivity index (χ4v) is 4.01. The van der Waals surface area contributed by atoms with Crippen molar-refractivity contribution in [3.8, 4) is 22.9 Å². The fraction of sp³-hybridized carbons (Fsp3) is 0.208. The Morgan fingerprint density at radius 1 is 1.13 bits per heavy atom. The van der Waals surface area contributed by atoms with Gasteiger partial charge in [0.1, 0.15) is 17.5 Å². The Balaban J connectivity index is 1.59. The van der Waals surface area contributed by atoms with Crippen molar-refractivity contribution in [2.75, 3.05) is 13.7 Å². The number of ether oxygens (including phenoxy) is 1. The van der Waals surface area contributed by atoms with E-state index < -0.39 is 12.1 Å². The molecule has 1 N–H and O–H groups in total. The summed E-state index contributed by atoms with van der Waals surface area (Å²) >= 11 is 0. The van der Waals surface area contributed by atoms with Gasteiger partial charge in [-0.05, 0) is 41.0 Å². The van der Waals surface area contributed by atoms with Crippen LogP contribution in [-0.2, 0) is 0 Å². The number of rotatable bonds is 5. The molecule has 1 aliphatic rings. The molecule has 0 spiro atoms. The van der Waals surface area contributed by atoms with E-state index in [4.69, 9.17) is 4.74 Å². The Morgan fingerprint density at radius 2 is 1.93 bits per heavy atom. The van der Waals surface area contributed by atoms with E-state index in [-0.39, 0.29) is 24.1 Å². The van der Waals surface area contributed by atoms with Gasteiger partial charge in [-0.3, -0.25) is 9.78 Å². The molecule has 1 saturated heterocycles. The first-order valence-corrected chi connectivity index (χ1v) is 9.66. The fourth-order valence-electron chi connectivity index (χ4n) is 4.01. The molecule has 4 rings (SSSR count). The predicted molar refractivity (Wildman–Crippen MR) is 112 cm³/mol. The number of aromatic nitrogens is 1. The third-order valence-electron chi connectivity index (χ3n) is 5.55. The van der Waals surface area contributed by atoms with E-state index in [1.54, 1.807) is 25.3 Å². The molecule has 1 aliphatic heterocycles. The summed E-state index contributed by atoms with van der Waals surface area (Å²) in [5.41, 5.74) is 3.23. The Bertz CT molecular complexity index is 1080. The van der Waals surface area contributed by atoms with Crippen molar-refractivity contribution in [3.63, 3.8) is 0 Å². The number of pyridine rings is 1. The molecule has 0 unspecified atom stereocenters. The number of nitriles is 1. The molecule has 3 atom stereocenters. The Labute approximate surface area is 175 Å². The van der Waals surface area contributed by atoms with Crippen LogP contribution >= 0.6 is 0 Å². The molecule has 2 heterocycles. The Kier molecular flexibility index (Phi) is 5.46. The summed E-state index contributed by atoms with van der Waals surface area (Å²) < 4.78 is 5.29. The zero-order valence-electron chi connectivity index (χ0n) is 16.5. The third-order valence-corrected chi connectivity index (χ3v) is 5.55. The first-order chi connectivity index (χ1) is 14.7. The van der Waals surface area contributed by atoms with Gasteiger partial charge in [0.2, 0.25) is 0 Å². The van der Waals surface area contributed by atoms with E-state index in [0.29, 0.717) is 0 Å². The van der Waals surface area contributed by atoms with E-state index in [1.165, 1.54) is 11.1 Å². The summed E-state index contributed by atoms with van der Waals surface area (Å²) in [6, 6.07) is 21.8. The summed E-state index contributed by atoms with van der Waals surface area (Å²) in [6.45, 7) is -0.223. The molecule has 2 aromatic carbocycles. The van der Waals surface area contributed by atoms with Gasteiger partial charge in [0.25, 0.3) is 5.91 Å². The highest BCUT2D eigenvalue weighted by Crippen LogP contribution is 2.41. The lowest BCUT2D eigenvalue weighted by Gasteiger charge is -2.51. The van der Waals surface area contributed by atoms with Gasteiger partial charge in [-0.15, -0.1) is 0 Å². The summed E-state index contributed by atoms with van der Waals surface area (Å²) in [6.07, 6.45) is 1.54. The quantitative estimate of drug-likeness (QED) is 0.712. The minimum absolute atomic E-state index is 0.223. The van der Waals surface area contributed by atoms with E-state index >= 15 is 0 Å². The number of nitrogens with zero attached hydrogens (tertiary/aromatic N) is 3. The lowest BCUT2D eigenvalue weighted by Crippen LogP contribution is -2.65. The van der Waals surface area contributed by atoms with Crippen LogP contribution in [0.2, 0.25) is 0 Å². The number of benzene rings is 2. The summed E-state index contributed by atoms with van der Waals surface area (Å²) in [7, 11) is 1.63. The van der Waals surface area contributed by atoms with Crippen LogP contribution < -0.4 is 4.74 Å². The lowest BCUT2D eigenvalue weighted by molar-refractivity contribution is -0.00629. The van der Waals surface area contributed by atoms with Crippen molar-refractivity contribution in [1.29, 1.82) is 5.26 Å². The molecule has 3 aromatic rings. The number of likely N-dealkylation sites (tertiary alicyclic amines) is 1. The van der Waals surface area contributed by atoms with Crippen molar-refractivity contribution >= 4 is 5.91 Å². The average Bonchev–Trinajstić information content (AvgIpc) is 2.80. The maximum atomic E-state index is 12.8. The van der Waals surface area contributed by atoms with Gasteiger partial charge in [-0.2, -0.15) is 5.26 Å². The first kappa shape index (κ1) is 19.6. The summed E-state index contributed by atoms with van der Waals surface area (Å²) in [5, 5.41) is 19.7. The van der Waals surface area contributed by atoms with Crippen LogP contribution in [0.3, 0.4) is 0 Å². The Morgan fingerprint density at radius 3 is 2.57 bits per heavy atom. The van der Waals surface area contributed by atoms with E-state index in [9.17, 15) is 15.2 Å². The van der Waals surface area contributed by atoms with Crippen molar-refractivity contribution in [3.05, 3.63) is 84.2 Å². The molecule has 150 valence electrons. The predicted octanol–water partition coefficient (Wildman–Crippen LogP) is 3.25. The van der Waals surface area contributed by atoms with Crippen LogP contribution in [0.15, 0.2) is 72.9 Å². The number of aliphatic hydroxyl groups excluding tert-OH is 1. The van der Waals surface area contributed by atoms with Crippen LogP contribution in [0.5, 0.6) is 5.75 Å². The second kappa shape index (κ2) is 8.36. The molecule has 0 radical (unpaired) electrons. The number of hydrogen-bond donors (Lipinski definition) is 1. The van der Waals surface area contributed by atoms with Gasteiger partial charge >= 0.3 is 0 Å². The van der Waals surface area contributed by atoms with Gasteiger partial charge in [-0.25, -0.2) is 0 Å². The topological polar surface area (TPSA) is 86.5 Å². The second-order valence-electron chi connectivity index (χ2n) is 7.13. The van der Waals surface area contributed by atoms with Crippen molar-refractivity contribution in [1.82, 2.24) is 9.88 Å². The SMILES string of the molecule is COc1cccc(-c2ccc([C@H]3[C@H](C#N)N(C(=O)c4ccccn4)[C@H]3CO)cc2)c1. The van der Waals surface area contributed by atoms with Crippen LogP contribution in [0.4, 0.5) is 0 Å². The summed E-state index contributed by atoms with van der Waals surface area (Å²) in [4.78, 5) is 18.3. The number of carbonyl (C=O) groups is 1. The molecule has 30 heavy (non-hydrogen) atoms. The van der Waals surface area contributed by atoms with E-state index in [0.717, 1.165) is 22.4 Å². The van der Waals surface area contributed by atoms with Crippen LogP contribution in [-0.4, -0.2) is 46.7 Å². The van der Waals surface area contributed by atoms with Crippen LogP contribution in [0.1, 0.15) is 22.0 Å². The maximum absolute atomic E-state index is 12.8. The standard InChI is InChI=1S/C24H21N3O3/c1-30-19-6-4-5-18(13-19)16-8-10-17(11-9-16)23-21(14-25)27(22(23)15-28)24(29)20-7-2-3-12-26-20/h2-13,21-23,28H,15H2,1H3/t21-,22-,23-/m0/s1. The van der Waals surface area contributed by atoms with Gasteiger partial charge in [0.05, 0.1) is 25.8 Å². The highest BCUT2D eigenvalue weighted by Gasteiger charge is 2.52. The number of amides is 1. The molecular weight excluding hydrogens is 378 g/mol. The molecule has 1 amide bonds. The highest BCUT2D eigenvalue weighted by atomic mass is 16.5. The minimum atomic E-state index is -0.653.